The van der Waals surface area contributed by atoms with Crippen molar-refractivity contribution < 1.29 is 49.0 Å². The van der Waals surface area contributed by atoms with Crippen molar-refractivity contribution in [3.05, 3.63) is 36.5 Å². The first-order chi connectivity index (χ1) is 30.8. The summed E-state index contributed by atoms with van der Waals surface area (Å²) >= 11 is 0. The van der Waals surface area contributed by atoms with Crippen LogP contribution in [0.4, 0.5) is 0 Å². The van der Waals surface area contributed by atoms with Gasteiger partial charge in [-0.1, -0.05) is 185 Å². The van der Waals surface area contributed by atoms with Crippen LogP contribution in [0.2, 0.25) is 0 Å². The van der Waals surface area contributed by atoms with Crippen LogP contribution in [0.3, 0.4) is 0 Å². The molecule has 368 valence electrons. The van der Waals surface area contributed by atoms with E-state index in [0.717, 1.165) is 57.8 Å². The van der Waals surface area contributed by atoms with E-state index in [9.17, 15) is 30.0 Å². The molecule has 1 rings (SSSR count). The number of ether oxygens (including phenoxy) is 4. The molecule has 1 aliphatic heterocycles. The zero-order valence-electron chi connectivity index (χ0n) is 40.3. The van der Waals surface area contributed by atoms with Crippen LogP contribution in [-0.4, -0.2) is 89.0 Å². The number of aliphatic hydroxyl groups is 4. The first kappa shape index (κ1) is 58.9. The number of esters is 2. The zero-order valence-corrected chi connectivity index (χ0v) is 40.3. The molecule has 6 atom stereocenters. The molecule has 0 amide bonds. The normalized spacial score (nSPS) is 19.7. The van der Waals surface area contributed by atoms with Crippen LogP contribution in [0.25, 0.3) is 0 Å². The average Bonchev–Trinajstić information content (AvgIpc) is 3.28. The largest absolute Gasteiger partial charge is 0.462 e. The minimum absolute atomic E-state index is 0.219. The molecule has 0 spiro atoms. The van der Waals surface area contributed by atoms with Crippen molar-refractivity contribution in [3.8, 4) is 0 Å². The van der Waals surface area contributed by atoms with Crippen molar-refractivity contribution in [2.75, 3.05) is 19.8 Å². The Hall–Kier alpha value is -2.08. The van der Waals surface area contributed by atoms with Gasteiger partial charge in [0.2, 0.25) is 0 Å². The molecule has 0 saturated carbocycles. The number of unbranched alkanes of at least 4 members (excludes halogenated alkanes) is 27. The third-order valence-corrected chi connectivity index (χ3v) is 12.0. The third kappa shape index (κ3) is 34.9. The summed E-state index contributed by atoms with van der Waals surface area (Å²) in [5.41, 5.74) is 0. The van der Waals surface area contributed by atoms with Gasteiger partial charge in [0.1, 0.15) is 31.0 Å². The van der Waals surface area contributed by atoms with Crippen molar-refractivity contribution >= 4 is 11.9 Å². The van der Waals surface area contributed by atoms with Gasteiger partial charge < -0.3 is 39.4 Å². The summed E-state index contributed by atoms with van der Waals surface area (Å²) in [4.78, 5) is 25.5. The minimum Gasteiger partial charge on any atom is -0.462 e. The van der Waals surface area contributed by atoms with E-state index in [4.69, 9.17) is 18.9 Å². The molecule has 10 nitrogen and oxygen atoms in total. The van der Waals surface area contributed by atoms with E-state index in [1.807, 2.05) is 0 Å². The number of hydrogen-bond donors (Lipinski definition) is 4. The molecule has 0 bridgehead atoms. The SMILES string of the molecule is CCCCC/C=C\C/C=C\CCCCCCCCCCCC(=O)OC(COC(=O)CCCCCCCCCCC/C=C\CCCCCCCC)COC1OC(CO)C(O)C(O)C1O. The highest BCUT2D eigenvalue weighted by molar-refractivity contribution is 5.70. The molecule has 1 fully saturated rings. The predicted molar refractivity (Wildman–Crippen MR) is 256 cm³/mol. The maximum Gasteiger partial charge on any atom is 0.306 e. The second-order valence-electron chi connectivity index (χ2n) is 18.0. The van der Waals surface area contributed by atoms with E-state index in [-0.39, 0.29) is 32.0 Å². The number of aliphatic hydroxyl groups excluding tert-OH is 4. The summed E-state index contributed by atoms with van der Waals surface area (Å²) in [7, 11) is 0. The van der Waals surface area contributed by atoms with Gasteiger partial charge in [-0.25, -0.2) is 0 Å². The van der Waals surface area contributed by atoms with Crippen molar-refractivity contribution in [1.82, 2.24) is 0 Å². The fraction of sp³-hybridized carbons (Fsp3) is 0.849. The highest BCUT2D eigenvalue weighted by Crippen LogP contribution is 2.23. The van der Waals surface area contributed by atoms with E-state index < -0.39 is 49.4 Å². The van der Waals surface area contributed by atoms with Crippen LogP contribution in [-0.2, 0) is 28.5 Å². The first-order valence-electron chi connectivity index (χ1n) is 26.1. The topological polar surface area (TPSA) is 152 Å². The van der Waals surface area contributed by atoms with Gasteiger partial charge in [0.15, 0.2) is 12.4 Å². The molecule has 0 aromatic heterocycles. The number of allylic oxidation sites excluding steroid dienone is 6. The van der Waals surface area contributed by atoms with Gasteiger partial charge in [-0.3, -0.25) is 9.59 Å². The highest BCUT2D eigenvalue weighted by Gasteiger charge is 2.44. The fourth-order valence-electron chi connectivity index (χ4n) is 7.86. The van der Waals surface area contributed by atoms with Crippen LogP contribution in [0.1, 0.15) is 232 Å². The summed E-state index contributed by atoms with van der Waals surface area (Å²) in [5, 5.41) is 40.2. The molecule has 0 aliphatic carbocycles. The smallest absolute Gasteiger partial charge is 0.306 e. The monoisotopic (exact) mass is 893 g/mol. The summed E-state index contributed by atoms with van der Waals surface area (Å²) in [5.74, 6) is -0.806. The lowest BCUT2D eigenvalue weighted by molar-refractivity contribution is -0.305. The summed E-state index contributed by atoms with van der Waals surface area (Å²) in [6.07, 6.45) is 44.3. The molecule has 1 heterocycles. The predicted octanol–water partition coefficient (Wildman–Crippen LogP) is 12.2. The lowest BCUT2D eigenvalue weighted by Crippen LogP contribution is -2.59. The number of carbonyl (C=O) groups excluding carboxylic acids is 2. The third-order valence-electron chi connectivity index (χ3n) is 12.0. The second kappa shape index (κ2) is 43.8. The standard InChI is InChI=1S/C53H96O10/c1-3-5-7-9-11-13-15-17-19-21-23-25-27-29-31-33-35-37-39-41-48(55)60-44-46(45-61-53-52(59)51(58)50(57)47(43-54)63-53)62-49(56)42-40-38-36-34-32-30-28-26-24-22-20-18-16-14-12-10-8-6-4-2/h12,14,17-20,46-47,50-54,57-59H,3-11,13,15-16,21-45H2,1-2H3/b14-12-,19-17-,20-18-. The molecule has 0 aromatic carbocycles. The Morgan fingerprint density at radius 3 is 1.37 bits per heavy atom. The van der Waals surface area contributed by atoms with Crippen LogP contribution in [0, 0.1) is 0 Å². The quantitative estimate of drug-likeness (QED) is 0.0264. The van der Waals surface area contributed by atoms with Gasteiger partial charge in [-0.05, 0) is 70.6 Å². The van der Waals surface area contributed by atoms with Crippen LogP contribution in [0.5, 0.6) is 0 Å². The minimum atomic E-state index is -1.60. The molecule has 0 aromatic rings. The van der Waals surface area contributed by atoms with Crippen LogP contribution < -0.4 is 0 Å². The summed E-state index contributed by atoms with van der Waals surface area (Å²) < 4.78 is 22.3. The summed E-state index contributed by atoms with van der Waals surface area (Å²) in [6, 6.07) is 0. The molecule has 10 heteroatoms. The number of hydrogen-bond acceptors (Lipinski definition) is 10. The first-order valence-corrected chi connectivity index (χ1v) is 26.1. The van der Waals surface area contributed by atoms with Gasteiger partial charge in [0.25, 0.3) is 0 Å². The lowest BCUT2D eigenvalue weighted by Gasteiger charge is -2.39. The van der Waals surface area contributed by atoms with E-state index in [2.05, 4.69) is 50.3 Å². The van der Waals surface area contributed by atoms with Gasteiger partial charge >= 0.3 is 11.9 Å². The van der Waals surface area contributed by atoms with Gasteiger partial charge in [-0.15, -0.1) is 0 Å². The zero-order chi connectivity index (χ0) is 45.9. The van der Waals surface area contributed by atoms with E-state index >= 15 is 0 Å². The average molecular weight is 893 g/mol. The molecule has 4 N–H and O–H groups in total. The molecule has 0 radical (unpaired) electrons. The Labute approximate surface area is 385 Å². The van der Waals surface area contributed by atoms with E-state index in [0.29, 0.717) is 6.42 Å². The fourth-order valence-corrected chi connectivity index (χ4v) is 7.86. The molecular weight excluding hydrogens is 797 g/mol. The Morgan fingerprint density at radius 2 is 0.889 bits per heavy atom. The maximum absolute atomic E-state index is 12.8. The van der Waals surface area contributed by atoms with Crippen LogP contribution in [0.15, 0.2) is 36.5 Å². The Bertz CT molecular complexity index is 1120. The molecular formula is C53H96O10. The number of carbonyl (C=O) groups is 2. The summed E-state index contributed by atoms with van der Waals surface area (Å²) in [6.45, 7) is 3.42. The van der Waals surface area contributed by atoms with Crippen molar-refractivity contribution in [2.24, 2.45) is 0 Å². The molecule has 1 aliphatic rings. The molecule has 63 heavy (non-hydrogen) atoms. The second-order valence-corrected chi connectivity index (χ2v) is 18.0. The van der Waals surface area contributed by atoms with E-state index in [1.165, 1.54) is 141 Å². The Kier molecular flexibility index (Phi) is 41.0. The molecule has 1 saturated heterocycles. The van der Waals surface area contributed by atoms with E-state index in [1.54, 1.807) is 0 Å². The lowest BCUT2D eigenvalue weighted by atomic mass is 9.99. The number of rotatable bonds is 44. The van der Waals surface area contributed by atoms with Crippen molar-refractivity contribution in [1.29, 1.82) is 0 Å². The molecule has 6 unspecified atom stereocenters. The van der Waals surface area contributed by atoms with Gasteiger partial charge in [-0.2, -0.15) is 0 Å². The van der Waals surface area contributed by atoms with Crippen molar-refractivity contribution in [3.63, 3.8) is 0 Å². The maximum atomic E-state index is 12.8. The highest BCUT2D eigenvalue weighted by atomic mass is 16.7. The Morgan fingerprint density at radius 1 is 0.492 bits per heavy atom. The van der Waals surface area contributed by atoms with Gasteiger partial charge in [0, 0.05) is 12.8 Å². The Balaban J connectivity index is 2.26. The van der Waals surface area contributed by atoms with Crippen LogP contribution >= 0.6 is 0 Å². The van der Waals surface area contributed by atoms with Gasteiger partial charge in [0.05, 0.1) is 13.2 Å². The van der Waals surface area contributed by atoms with Crippen molar-refractivity contribution in [2.45, 2.75) is 269 Å².